The summed E-state index contributed by atoms with van der Waals surface area (Å²) < 4.78 is 36.1. The van der Waals surface area contributed by atoms with E-state index < -0.39 is 15.8 Å². The fourth-order valence-electron chi connectivity index (χ4n) is 2.93. The Morgan fingerprint density at radius 3 is 2.70 bits per heavy atom. The summed E-state index contributed by atoms with van der Waals surface area (Å²) in [6.07, 6.45) is 2.68. The van der Waals surface area contributed by atoms with E-state index in [1.807, 2.05) is 0 Å². The lowest BCUT2D eigenvalue weighted by Crippen LogP contribution is -2.18. The first-order valence-electron chi connectivity index (χ1n) is 9.28. The average Bonchev–Trinajstić information content (AvgIpc) is 3.17. The maximum Gasteiger partial charge on any atom is 0.261 e. The van der Waals surface area contributed by atoms with Crippen molar-refractivity contribution in [1.29, 1.82) is 0 Å². The van der Waals surface area contributed by atoms with E-state index in [2.05, 4.69) is 24.7 Å². The van der Waals surface area contributed by atoms with Gasteiger partial charge in [-0.05, 0) is 55.3 Å². The molecule has 10 heteroatoms. The first-order chi connectivity index (χ1) is 14.7. The van der Waals surface area contributed by atoms with Crippen molar-refractivity contribution in [2.45, 2.75) is 18.7 Å². The Balaban J connectivity index is 1.80. The van der Waals surface area contributed by atoms with Crippen molar-refractivity contribution in [2.75, 3.05) is 4.72 Å². The number of fused-ring (bicyclic) bond motifs is 1. The molecule has 0 aliphatic heterocycles. The summed E-state index contributed by atoms with van der Waals surface area (Å²) >= 11 is 6.00. The van der Waals surface area contributed by atoms with Crippen LogP contribution in [0.5, 0.6) is 0 Å². The maximum absolute atomic E-state index is 13.3. The van der Waals surface area contributed by atoms with E-state index in [1.165, 1.54) is 30.5 Å². The van der Waals surface area contributed by atoms with Gasteiger partial charge in [-0.25, -0.2) is 18.4 Å². The van der Waals surface area contributed by atoms with Crippen molar-refractivity contribution >= 4 is 44.1 Å². The van der Waals surface area contributed by atoms with Gasteiger partial charge in [-0.1, -0.05) is 11.6 Å². The molecule has 30 heavy (non-hydrogen) atoms. The Kier molecular flexibility index (Phi) is 4.68. The molecule has 152 valence electrons. The van der Waals surface area contributed by atoms with Crippen LogP contribution in [0.4, 0.5) is 5.69 Å². The molecule has 4 aromatic rings. The molecule has 0 spiro atoms. The molecule has 0 saturated carbocycles. The zero-order chi connectivity index (χ0) is 22.3. The van der Waals surface area contributed by atoms with E-state index >= 15 is 0 Å². The third-order valence-corrected chi connectivity index (χ3v) is 6.23. The quantitative estimate of drug-likeness (QED) is 0.455. The zero-order valence-corrected chi connectivity index (χ0v) is 17.5. The van der Waals surface area contributed by atoms with Gasteiger partial charge in [0.15, 0.2) is 0 Å². The second-order valence-electron chi connectivity index (χ2n) is 6.67. The molecule has 4 rings (SSSR count). The molecule has 8 nitrogen and oxygen atoms in total. The van der Waals surface area contributed by atoms with Crippen LogP contribution in [0.3, 0.4) is 0 Å². The zero-order valence-electron chi connectivity index (χ0n) is 16.9. The van der Waals surface area contributed by atoms with Gasteiger partial charge in [0.05, 0.1) is 10.6 Å². The Morgan fingerprint density at radius 1 is 1.13 bits per heavy atom. The van der Waals surface area contributed by atoms with Gasteiger partial charge in [0.25, 0.3) is 10.0 Å². The normalized spacial score (nSPS) is 12.0. The third kappa shape index (κ3) is 3.64. The van der Waals surface area contributed by atoms with Crippen LogP contribution in [0.2, 0.25) is 5.02 Å². The fraction of sp³-hybridized carbons (Fsp3) is 0.100. The van der Waals surface area contributed by atoms with Crippen LogP contribution < -0.4 is 4.72 Å². The number of hydrogen-bond donors (Lipinski definition) is 2. The van der Waals surface area contributed by atoms with E-state index in [9.17, 15) is 13.2 Å². The highest BCUT2D eigenvalue weighted by Gasteiger charge is 2.24. The molecule has 3 heterocycles. The number of anilines is 1. The summed E-state index contributed by atoms with van der Waals surface area (Å²) in [7, 11) is -4.02. The molecule has 0 saturated heterocycles. The number of nitrogens with one attached hydrogen (secondary N) is 2. The molecule has 2 N–H and O–H groups in total. The summed E-state index contributed by atoms with van der Waals surface area (Å²) in [5.74, 6) is -0.634. The summed E-state index contributed by atoms with van der Waals surface area (Å²) in [6.45, 7) is 3.42. The number of aryl methyl sites for hydroxylation is 2. The predicted octanol–water partition coefficient (Wildman–Crippen LogP) is 3.65. The van der Waals surface area contributed by atoms with Gasteiger partial charge in [-0.3, -0.25) is 14.5 Å². The number of halogens is 1. The number of rotatable bonds is 5. The number of pyridine rings is 1. The first kappa shape index (κ1) is 18.7. The van der Waals surface area contributed by atoms with Crippen LogP contribution in [-0.4, -0.2) is 34.1 Å². The van der Waals surface area contributed by atoms with Gasteiger partial charge >= 0.3 is 0 Å². The van der Waals surface area contributed by atoms with Gasteiger partial charge in [0.1, 0.15) is 24.7 Å². The topological polar surface area (TPSA) is 118 Å². The summed E-state index contributed by atoms with van der Waals surface area (Å²) in [4.78, 5) is 28.1. The van der Waals surface area contributed by atoms with Crippen LogP contribution in [0.15, 0.2) is 53.9 Å². The van der Waals surface area contributed by atoms with E-state index in [4.69, 9.17) is 13.0 Å². The Bertz CT molecular complexity index is 1450. The number of hydrogen-bond acceptors (Lipinski definition) is 6. The van der Waals surface area contributed by atoms with Gasteiger partial charge in [-0.15, -0.1) is 0 Å². The predicted molar refractivity (Wildman–Crippen MR) is 113 cm³/mol. The van der Waals surface area contributed by atoms with Crippen molar-refractivity contribution in [3.63, 3.8) is 0 Å². The first-order valence-corrected chi connectivity index (χ1v) is 10.6. The SMILES string of the molecule is [2H]c1nc(C(=O)c2ncc(C)cc2NS(=O)(=O)c2ccc(Cl)c(C)c2)c2cc[nH]c2n1. The molecular weight excluding hydrogens is 426 g/mol. The van der Waals surface area contributed by atoms with Crippen molar-refractivity contribution in [3.8, 4) is 0 Å². The van der Waals surface area contributed by atoms with E-state index in [-0.39, 0.29) is 28.3 Å². The maximum atomic E-state index is 13.3. The number of H-pyrrole nitrogens is 1. The van der Waals surface area contributed by atoms with Crippen LogP contribution in [0.25, 0.3) is 11.0 Å². The van der Waals surface area contributed by atoms with Gasteiger partial charge in [0, 0.05) is 22.8 Å². The van der Waals surface area contributed by atoms with Crippen molar-refractivity contribution in [3.05, 3.63) is 76.6 Å². The molecule has 0 fully saturated rings. The van der Waals surface area contributed by atoms with Crippen LogP contribution in [-0.2, 0) is 10.0 Å². The number of carbonyl (C=O) groups is 1. The second kappa shape index (κ2) is 7.51. The minimum Gasteiger partial charge on any atom is -0.346 e. The summed E-state index contributed by atoms with van der Waals surface area (Å²) in [6, 6.07) is 7.43. The van der Waals surface area contributed by atoms with E-state index in [1.54, 1.807) is 26.1 Å². The summed E-state index contributed by atoms with van der Waals surface area (Å²) in [5, 5.41) is 0.850. The monoisotopic (exact) mass is 442 g/mol. The average molecular weight is 443 g/mol. The van der Waals surface area contributed by atoms with Crippen molar-refractivity contribution in [1.82, 2.24) is 19.9 Å². The van der Waals surface area contributed by atoms with Crippen molar-refractivity contribution < 1.29 is 14.6 Å². The largest absolute Gasteiger partial charge is 0.346 e. The molecule has 3 aromatic heterocycles. The molecule has 0 amide bonds. The number of sulfonamides is 1. The van der Waals surface area contributed by atoms with Gasteiger partial charge in [-0.2, -0.15) is 0 Å². The summed E-state index contributed by atoms with van der Waals surface area (Å²) in [5.41, 5.74) is 1.40. The van der Waals surface area contributed by atoms with Gasteiger partial charge < -0.3 is 4.98 Å². The second-order valence-corrected chi connectivity index (χ2v) is 8.76. The number of ketones is 1. The Hall–Kier alpha value is -3.30. The number of benzene rings is 1. The van der Waals surface area contributed by atoms with Gasteiger partial charge in [0.2, 0.25) is 5.78 Å². The van der Waals surface area contributed by atoms with E-state index in [0.29, 0.717) is 27.2 Å². The molecule has 1 aromatic carbocycles. The number of carbonyl (C=O) groups excluding carboxylic acids is 1. The van der Waals surface area contributed by atoms with Crippen LogP contribution in [0.1, 0.15) is 28.7 Å². The minimum absolute atomic E-state index is 0.00203. The molecule has 0 radical (unpaired) electrons. The number of nitrogens with zero attached hydrogens (tertiary/aromatic N) is 3. The molecular formula is C20H16ClN5O3S. The smallest absolute Gasteiger partial charge is 0.261 e. The van der Waals surface area contributed by atoms with Crippen molar-refractivity contribution in [2.24, 2.45) is 0 Å². The molecule has 0 aliphatic rings. The molecule has 0 aliphatic carbocycles. The highest BCUT2D eigenvalue weighted by Crippen LogP contribution is 2.26. The van der Waals surface area contributed by atoms with E-state index in [0.717, 1.165) is 0 Å². The lowest BCUT2D eigenvalue weighted by molar-refractivity contribution is 0.103. The lowest BCUT2D eigenvalue weighted by atomic mass is 10.1. The standard InChI is InChI=1S/C20H16ClN5O3S/c1-11-7-16(26-30(28,29)13-3-4-15(21)12(2)8-13)18(23-9-11)19(27)17-14-5-6-22-20(14)25-10-24-17/h3-10,26H,1-2H3,(H,22,24,25)/i10D. The Morgan fingerprint density at radius 2 is 1.93 bits per heavy atom. The third-order valence-electron chi connectivity index (χ3n) is 4.44. The highest BCUT2D eigenvalue weighted by molar-refractivity contribution is 7.92. The Labute approximate surface area is 178 Å². The lowest BCUT2D eigenvalue weighted by Gasteiger charge is -2.13. The molecule has 0 unspecified atom stereocenters. The number of aromatic amines is 1. The molecule has 0 atom stereocenters. The van der Waals surface area contributed by atoms with Crippen LogP contribution in [0, 0.1) is 13.8 Å². The highest BCUT2D eigenvalue weighted by atomic mass is 35.5. The molecule has 0 bridgehead atoms. The minimum atomic E-state index is -4.02. The van der Waals surface area contributed by atoms with Crippen LogP contribution >= 0.6 is 11.6 Å². The number of aromatic nitrogens is 4. The fourth-order valence-corrected chi connectivity index (χ4v) is 4.19.